The summed E-state index contributed by atoms with van der Waals surface area (Å²) in [5.74, 6) is 2.52. The highest BCUT2D eigenvalue weighted by atomic mass is 16.5. The van der Waals surface area contributed by atoms with Crippen molar-refractivity contribution in [2.45, 2.75) is 46.6 Å². The van der Waals surface area contributed by atoms with E-state index in [1.54, 1.807) is 13.1 Å². The average molecular weight is 405 g/mol. The van der Waals surface area contributed by atoms with Gasteiger partial charge in [0.05, 0.1) is 0 Å². The fraction of sp³-hybridized carbons (Fsp3) is 0.375. The van der Waals surface area contributed by atoms with E-state index >= 15 is 0 Å². The van der Waals surface area contributed by atoms with Crippen molar-refractivity contribution in [3.8, 4) is 17.1 Å². The lowest BCUT2D eigenvalue weighted by molar-refractivity contribution is 0.168. The molecule has 1 saturated heterocycles. The van der Waals surface area contributed by atoms with Gasteiger partial charge in [-0.05, 0) is 51.0 Å². The first-order valence-corrected chi connectivity index (χ1v) is 10.4. The number of aromatic nitrogens is 3. The Kier molecular flexibility index (Phi) is 5.57. The molecule has 0 spiro atoms. The number of hydrogen-bond donors (Lipinski definition) is 1. The highest BCUT2D eigenvalue weighted by molar-refractivity contribution is 5.56. The summed E-state index contributed by atoms with van der Waals surface area (Å²) in [5.41, 5.74) is 4.47. The van der Waals surface area contributed by atoms with E-state index < -0.39 is 0 Å². The van der Waals surface area contributed by atoms with Gasteiger partial charge in [0, 0.05) is 48.9 Å². The Balaban J connectivity index is 1.41. The van der Waals surface area contributed by atoms with Gasteiger partial charge in [-0.3, -0.25) is 4.79 Å². The molecule has 0 saturated carbocycles. The molecule has 6 heteroatoms. The minimum Gasteiger partial charge on any atom is -0.490 e. The summed E-state index contributed by atoms with van der Waals surface area (Å²) < 4.78 is 6.32. The van der Waals surface area contributed by atoms with Crippen LogP contribution in [0.15, 0.2) is 41.3 Å². The van der Waals surface area contributed by atoms with Gasteiger partial charge in [-0.15, -0.1) is 0 Å². The van der Waals surface area contributed by atoms with Gasteiger partial charge >= 0.3 is 0 Å². The van der Waals surface area contributed by atoms with Crippen molar-refractivity contribution >= 4 is 5.82 Å². The first-order chi connectivity index (χ1) is 14.4. The third-order valence-electron chi connectivity index (χ3n) is 5.88. The van der Waals surface area contributed by atoms with Crippen molar-refractivity contribution in [3.05, 3.63) is 69.3 Å². The van der Waals surface area contributed by atoms with Gasteiger partial charge in [0.25, 0.3) is 5.56 Å². The summed E-state index contributed by atoms with van der Waals surface area (Å²) in [7, 11) is 0. The third-order valence-corrected chi connectivity index (χ3v) is 5.88. The number of piperidine rings is 1. The van der Waals surface area contributed by atoms with Crippen LogP contribution in [0.25, 0.3) is 11.4 Å². The summed E-state index contributed by atoms with van der Waals surface area (Å²) >= 11 is 0. The lowest BCUT2D eigenvalue weighted by Crippen LogP contribution is -2.38. The number of ether oxygens (including phenoxy) is 1. The molecular formula is C24H28N4O2. The Hall–Kier alpha value is -3.15. The number of benzene rings is 1. The zero-order valence-corrected chi connectivity index (χ0v) is 18.0. The Morgan fingerprint density at radius 2 is 1.73 bits per heavy atom. The fourth-order valence-corrected chi connectivity index (χ4v) is 3.85. The number of hydrogen-bond acceptors (Lipinski definition) is 5. The summed E-state index contributed by atoms with van der Waals surface area (Å²) in [4.78, 5) is 26.2. The molecule has 1 aliphatic rings. The number of para-hydroxylation sites is 1. The van der Waals surface area contributed by atoms with Crippen molar-refractivity contribution in [2.75, 3.05) is 18.0 Å². The first-order valence-electron chi connectivity index (χ1n) is 10.4. The Labute approximate surface area is 177 Å². The molecular weight excluding hydrogens is 376 g/mol. The monoisotopic (exact) mass is 404 g/mol. The van der Waals surface area contributed by atoms with Crippen LogP contribution >= 0.6 is 0 Å². The molecule has 1 aliphatic heterocycles. The number of aromatic amines is 1. The van der Waals surface area contributed by atoms with Crippen molar-refractivity contribution < 1.29 is 4.74 Å². The maximum absolute atomic E-state index is 12.0. The quantitative estimate of drug-likeness (QED) is 0.708. The maximum Gasteiger partial charge on any atom is 0.254 e. The topological polar surface area (TPSA) is 71.1 Å². The Morgan fingerprint density at radius 3 is 2.33 bits per heavy atom. The van der Waals surface area contributed by atoms with Crippen molar-refractivity contribution in [2.24, 2.45) is 0 Å². The molecule has 1 N–H and O–H groups in total. The van der Waals surface area contributed by atoms with Crippen LogP contribution in [0.5, 0.6) is 5.75 Å². The number of aryl methyl sites for hydroxylation is 3. The minimum absolute atomic E-state index is 0.104. The molecule has 0 bridgehead atoms. The molecule has 1 aromatic carbocycles. The second kappa shape index (κ2) is 8.30. The molecule has 0 amide bonds. The van der Waals surface area contributed by atoms with E-state index in [2.05, 4.69) is 51.9 Å². The standard InChI is InChI=1S/C24H28N4O2/c1-15-6-5-7-16(2)22(15)30-20-10-12-28(13-11-20)21-9-8-19(14-25-21)23-26-18(4)17(3)24(29)27-23/h5-9,14,20H,10-13H2,1-4H3,(H,26,27,29). The highest BCUT2D eigenvalue weighted by Gasteiger charge is 2.22. The highest BCUT2D eigenvalue weighted by Crippen LogP contribution is 2.27. The van der Waals surface area contributed by atoms with Crippen LogP contribution in [-0.2, 0) is 0 Å². The maximum atomic E-state index is 12.0. The Bertz CT molecular complexity index is 1080. The molecule has 0 radical (unpaired) electrons. The van der Waals surface area contributed by atoms with Crippen LogP contribution < -0.4 is 15.2 Å². The number of pyridine rings is 1. The molecule has 30 heavy (non-hydrogen) atoms. The van der Waals surface area contributed by atoms with Crippen molar-refractivity contribution in [1.29, 1.82) is 0 Å². The van der Waals surface area contributed by atoms with Gasteiger partial charge in [0.1, 0.15) is 23.5 Å². The van der Waals surface area contributed by atoms with E-state index in [9.17, 15) is 4.79 Å². The molecule has 4 rings (SSSR count). The van der Waals surface area contributed by atoms with E-state index in [1.165, 1.54) is 11.1 Å². The van der Waals surface area contributed by atoms with Crippen LogP contribution in [0.3, 0.4) is 0 Å². The molecule has 2 aromatic heterocycles. The molecule has 0 atom stereocenters. The summed E-state index contributed by atoms with van der Waals surface area (Å²) in [5, 5.41) is 0. The number of rotatable bonds is 4. The van der Waals surface area contributed by atoms with Crippen LogP contribution in [-0.4, -0.2) is 34.1 Å². The van der Waals surface area contributed by atoms with E-state index in [0.717, 1.165) is 48.8 Å². The predicted octanol–water partition coefficient (Wildman–Crippen LogP) is 4.11. The number of nitrogens with one attached hydrogen (secondary N) is 1. The van der Waals surface area contributed by atoms with Crippen molar-refractivity contribution in [3.63, 3.8) is 0 Å². The van der Waals surface area contributed by atoms with Crippen LogP contribution in [0.1, 0.15) is 35.2 Å². The fourth-order valence-electron chi connectivity index (χ4n) is 3.85. The van der Waals surface area contributed by atoms with Gasteiger partial charge in [0.15, 0.2) is 0 Å². The van der Waals surface area contributed by atoms with E-state index in [0.29, 0.717) is 11.4 Å². The zero-order chi connectivity index (χ0) is 21.3. The zero-order valence-electron chi connectivity index (χ0n) is 18.0. The third kappa shape index (κ3) is 4.08. The summed E-state index contributed by atoms with van der Waals surface area (Å²) in [6.07, 6.45) is 3.93. The van der Waals surface area contributed by atoms with Crippen LogP contribution in [0.4, 0.5) is 5.82 Å². The number of nitrogens with zero attached hydrogens (tertiary/aromatic N) is 3. The lowest BCUT2D eigenvalue weighted by atomic mass is 10.1. The van der Waals surface area contributed by atoms with Gasteiger partial charge in [-0.2, -0.15) is 0 Å². The summed E-state index contributed by atoms with van der Waals surface area (Å²) in [6, 6.07) is 10.2. The van der Waals surface area contributed by atoms with Crippen molar-refractivity contribution in [1.82, 2.24) is 15.0 Å². The average Bonchev–Trinajstić information content (AvgIpc) is 2.75. The minimum atomic E-state index is -0.104. The van der Waals surface area contributed by atoms with Gasteiger partial charge in [-0.25, -0.2) is 9.97 Å². The largest absolute Gasteiger partial charge is 0.490 e. The molecule has 0 aliphatic carbocycles. The first kappa shape index (κ1) is 20.1. The Morgan fingerprint density at radius 1 is 1.03 bits per heavy atom. The second-order valence-corrected chi connectivity index (χ2v) is 8.06. The van der Waals surface area contributed by atoms with E-state index in [1.807, 2.05) is 19.1 Å². The molecule has 6 nitrogen and oxygen atoms in total. The molecule has 3 aromatic rings. The molecule has 156 valence electrons. The van der Waals surface area contributed by atoms with Crippen LogP contribution in [0.2, 0.25) is 0 Å². The second-order valence-electron chi connectivity index (χ2n) is 8.06. The summed E-state index contributed by atoms with van der Waals surface area (Å²) in [6.45, 7) is 9.63. The number of anilines is 1. The molecule has 3 heterocycles. The lowest BCUT2D eigenvalue weighted by Gasteiger charge is -2.33. The van der Waals surface area contributed by atoms with E-state index in [4.69, 9.17) is 4.74 Å². The van der Waals surface area contributed by atoms with E-state index in [-0.39, 0.29) is 11.7 Å². The molecule has 1 fully saturated rings. The normalized spacial score (nSPS) is 14.7. The van der Waals surface area contributed by atoms with Gasteiger partial charge in [-0.1, -0.05) is 18.2 Å². The smallest absolute Gasteiger partial charge is 0.254 e. The molecule has 0 unspecified atom stereocenters. The van der Waals surface area contributed by atoms with Gasteiger partial charge < -0.3 is 14.6 Å². The SMILES string of the molecule is Cc1cccc(C)c1OC1CCN(c2ccc(-c3nc(C)c(C)c(=O)[nH]3)cn2)CC1. The van der Waals surface area contributed by atoms with Gasteiger partial charge in [0.2, 0.25) is 0 Å². The predicted molar refractivity (Wildman–Crippen MR) is 119 cm³/mol. The number of H-pyrrole nitrogens is 1. The van der Waals surface area contributed by atoms with Crippen LogP contribution in [0, 0.1) is 27.7 Å².